The van der Waals surface area contributed by atoms with E-state index in [1.54, 1.807) is 12.1 Å². The molecule has 98 valence electrons. The van der Waals surface area contributed by atoms with Gasteiger partial charge in [0.05, 0.1) is 6.61 Å². The van der Waals surface area contributed by atoms with Crippen molar-refractivity contribution in [2.24, 2.45) is 5.92 Å². The zero-order valence-corrected chi connectivity index (χ0v) is 11.0. The summed E-state index contributed by atoms with van der Waals surface area (Å²) in [6.07, 6.45) is 0. The number of rotatable bonds is 6. The summed E-state index contributed by atoms with van der Waals surface area (Å²) in [6.45, 7) is 7.48. The second kappa shape index (κ2) is 6.97. The van der Waals surface area contributed by atoms with Gasteiger partial charge in [0, 0.05) is 18.5 Å². The van der Waals surface area contributed by atoms with Crippen LogP contribution in [0.4, 0.5) is 4.39 Å². The van der Waals surface area contributed by atoms with Gasteiger partial charge in [-0.3, -0.25) is 0 Å². The number of hydrogen-bond donors (Lipinski definition) is 1. The number of nitriles is 1. The number of ether oxygens (including phenoxy) is 1. The first-order valence-electron chi connectivity index (χ1n) is 6.09. The molecule has 1 aromatic rings. The van der Waals surface area contributed by atoms with E-state index in [9.17, 15) is 4.39 Å². The van der Waals surface area contributed by atoms with Crippen LogP contribution in [0.15, 0.2) is 18.2 Å². The van der Waals surface area contributed by atoms with Gasteiger partial charge in [-0.2, -0.15) is 5.26 Å². The molecule has 0 aliphatic heterocycles. The van der Waals surface area contributed by atoms with Crippen LogP contribution in [-0.4, -0.2) is 19.2 Å². The highest BCUT2D eigenvalue weighted by molar-refractivity contribution is 5.43. The minimum atomic E-state index is -0.539. The van der Waals surface area contributed by atoms with Crippen molar-refractivity contribution in [3.8, 4) is 11.8 Å². The monoisotopic (exact) mass is 250 g/mol. The van der Waals surface area contributed by atoms with Crippen molar-refractivity contribution in [1.29, 1.82) is 5.26 Å². The Balaban J connectivity index is 2.54. The highest BCUT2D eigenvalue weighted by atomic mass is 19.1. The number of nitrogens with one attached hydrogen (secondary N) is 1. The first kappa shape index (κ1) is 14.5. The lowest BCUT2D eigenvalue weighted by molar-refractivity contribution is 0.251. The van der Waals surface area contributed by atoms with Gasteiger partial charge in [0.1, 0.15) is 23.2 Å². The van der Waals surface area contributed by atoms with Gasteiger partial charge >= 0.3 is 0 Å². The Morgan fingerprint density at radius 1 is 1.39 bits per heavy atom. The quantitative estimate of drug-likeness (QED) is 0.844. The molecule has 0 saturated heterocycles. The van der Waals surface area contributed by atoms with E-state index in [1.807, 2.05) is 13.0 Å². The molecule has 1 rings (SSSR count). The van der Waals surface area contributed by atoms with Crippen molar-refractivity contribution in [1.82, 2.24) is 5.32 Å². The molecule has 0 bridgehead atoms. The zero-order chi connectivity index (χ0) is 13.5. The Morgan fingerprint density at radius 2 is 2.11 bits per heavy atom. The summed E-state index contributed by atoms with van der Waals surface area (Å²) < 4.78 is 18.8. The molecule has 0 amide bonds. The van der Waals surface area contributed by atoms with E-state index in [4.69, 9.17) is 10.00 Å². The third-order valence-electron chi connectivity index (χ3n) is 2.49. The molecule has 3 nitrogen and oxygen atoms in total. The molecule has 18 heavy (non-hydrogen) atoms. The van der Waals surface area contributed by atoms with Crippen LogP contribution in [0.25, 0.3) is 0 Å². The minimum Gasteiger partial charge on any atom is -0.492 e. The summed E-state index contributed by atoms with van der Waals surface area (Å²) in [6, 6.07) is 6.67. The van der Waals surface area contributed by atoms with E-state index in [0.29, 0.717) is 24.3 Å². The Hall–Kier alpha value is -1.60. The van der Waals surface area contributed by atoms with Crippen LogP contribution in [0.5, 0.6) is 5.75 Å². The first-order chi connectivity index (χ1) is 8.54. The standard InChI is InChI=1S/C14H19FN2O/c1-10(2)17-8-11(3)9-18-14-6-4-5-13(15)12(14)7-16/h4-6,10-11,17H,8-9H2,1-3H3. The van der Waals surface area contributed by atoms with Crippen LogP contribution in [0.2, 0.25) is 0 Å². The van der Waals surface area contributed by atoms with Crippen molar-refractivity contribution in [2.75, 3.05) is 13.2 Å². The highest BCUT2D eigenvalue weighted by Crippen LogP contribution is 2.20. The number of nitrogens with zero attached hydrogens (tertiary/aromatic N) is 1. The summed E-state index contributed by atoms with van der Waals surface area (Å²) in [5.41, 5.74) is -0.0264. The predicted molar refractivity (Wildman–Crippen MR) is 68.9 cm³/mol. The van der Waals surface area contributed by atoms with E-state index in [-0.39, 0.29) is 5.56 Å². The van der Waals surface area contributed by atoms with Crippen molar-refractivity contribution < 1.29 is 9.13 Å². The fraction of sp³-hybridized carbons (Fsp3) is 0.500. The molecular weight excluding hydrogens is 231 g/mol. The number of hydrogen-bond acceptors (Lipinski definition) is 3. The summed E-state index contributed by atoms with van der Waals surface area (Å²) in [7, 11) is 0. The van der Waals surface area contributed by atoms with E-state index in [2.05, 4.69) is 19.2 Å². The number of halogens is 1. The van der Waals surface area contributed by atoms with E-state index >= 15 is 0 Å². The Kier molecular flexibility index (Phi) is 5.60. The van der Waals surface area contributed by atoms with E-state index < -0.39 is 5.82 Å². The fourth-order valence-electron chi connectivity index (χ4n) is 1.46. The van der Waals surface area contributed by atoms with Crippen molar-refractivity contribution in [3.63, 3.8) is 0 Å². The summed E-state index contributed by atoms with van der Waals surface area (Å²) in [5.74, 6) is 0.0686. The summed E-state index contributed by atoms with van der Waals surface area (Å²) >= 11 is 0. The Morgan fingerprint density at radius 3 is 2.72 bits per heavy atom. The normalized spacial score (nSPS) is 12.2. The molecule has 1 aromatic carbocycles. The third-order valence-corrected chi connectivity index (χ3v) is 2.49. The largest absolute Gasteiger partial charge is 0.492 e. The van der Waals surface area contributed by atoms with Crippen LogP contribution in [-0.2, 0) is 0 Å². The van der Waals surface area contributed by atoms with E-state index in [1.165, 1.54) is 6.07 Å². The molecule has 0 radical (unpaired) electrons. The maximum atomic E-state index is 13.3. The fourth-order valence-corrected chi connectivity index (χ4v) is 1.46. The van der Waals surface area contributed by atoms with Gasteiger partial charge in [-0.05, 0) is 12.1 Å². The van der Waals surface area contributed by atoms with Gasteiger partial charge in [0.2, 0.25) is 0 Å². The molecule has 0 aliphatic carbocycles. The second-order valence-electron chi connectivity index (χ2n) is 4.70. The van der Waals surface area contributed by atoms with Crippen LogP contribution >= 0.6 is 0 Å². The smallest absolute Gasteiger partial charge is 0.144 e. The third kappa shape index (κ3) is 4.34. The SMILES string of the molecule is CC(CNC(C)C)COc1cccc(F)c1C#N. The molecule has 1 atom stereocenters. The molecule has 0 fully saturated rings. The van der Waals surface area contributed by atoms with E-state index in [0.717, 1.165) is 6.54 Å². The van der Waals surface area contributed by atoms with Crippen molar-refractivity contribution in [2.45, 2.75) is 26.8 Å². The lowest BCUT2D eigenvalue weighted by atomic mass is 10.1. The number of benzene rings is 1. The van der Waals surface area contributed by atoms with Crippen LogP contribution in [0.3, 0.4) is 0 Å². The van der Waals surface area contributed by atoms with Crippen molar-refractivity contribution >= 4 is 0 Å². The highest BCUT2D eigenvalue weighted by Gasteiger charge is 2.10. The zero-order valence-electron chi connectivity index (χ0n) is 11.0. The Bertz CT molecular complexity index is 426. The molecule has 0 heterocycles. The van der Waals surface area contributed by atoms with Gasteiger partial charge < -0.3 is 10.1 Å². The molecule has 0 spiro atoms. The maximum Gasteiger partial charge on any atom is 0.144 e. The molecule has 1 N–H and O–H groups in total. The average Bonchev–Trinajstić information content (AvgIpc) is 2.33. The first-order valence-corrected chi connectivity index (χ1v) is 6.09. The topological polar surface area (TPSA) is 45.0 Å². The lowest BCUT2D eigenvalue weighted by Gasteiger charge is -2.16. The minimum absolute atomic E-state index is 0.0264. The van der Waals surface area contributed by atoms with Crippen LogP contribution in [0, 0.1) is 23.1 Å². The average molecular weight is 250 g/mol. The molecule has 0 aliphatic rings. The lowest BCUT2D eigenvalue weighted by Crippen LogP contribution is -2.30. The van der Waals surface area contributed by atoms with Gasteiger partial charge in [0.25, 0.3) is 0 Å². The molecule has 0 aromatic heterocycles. The molecule has 4 heteroatoms. The van der Waals surface area contributed by atoms with Crippen molar-refractivity contribution in [3.05, 3.63) is 29.6 Å². The van der Waals surface area contributed by atoms with Crippen LogP contribution < -0.4 is 10.1 Å². The van der Waals surface area contributed by atoms with Gasteiger partial charge in [-0.25, -0.2) is 4.39 Å². The second-order valence-corrected chi connectivity index (χ2v) is 4.70. The maximum absolute atomic E-state index is 13.3. The van der Waals surface area contributed by atoms with Gasteiger partial charge in [0.15, 0.2) is 0 Å². The summed E-state index contributed by atoms with van der Waals surface area (Å²) in [4.78, 5) is 0. The van der Waals surface area contributed by atoms with Gasteiger partial charge in [-0.15, -0.1) is 0 Å². The van der Waals surface area contributed by atoms with Gasteiger partial charge in [-0.1, -0.05) is 26.8 Å². The molecule has 1 unspecified atom stereocenters. The molecule has 0 saturated carbocycles. The Labute approximate surface area is 108 Å². The summed E-state index contributed by atoms with van der Waals surface area (Å²) in [5, 5.41) is 12.2. The van der Waals surface area contributed by atoms with Crippen LogP contribution in [0.1, 0.15) is 26.3 Å². The predicted octanol–water partition coefficient (Wildman–Crippen LogP) is 2.71. The molecular formula is C14H19FN2O.